The molecule has 1 aromatic rings. The summed E-state index contributed by atoms with van der Waals surface area (Å²) in [5.41, 5.74) is 1.51. The van der Waals surface area contributed by atoms with Crippen LogP contribution in [0.3, 0.4) is 0 Å². The summed E-state index contributed by atoms with van der Waals surface area (Å²) in [7, 11) is 0. The molecule has 1 unspecified atom stereocenters. The maximum absolute atomic E-state index is 12.3. The van der Waals surface area contributed by atoms with Gasteiger partial charge < -0.3 is 25.6 Å². The van der Waals surface area contributed by atoms with Gasteiger partial charge in [0, 0.05) is 25.7 Å². The third kappa shape index (κ3) is 8.25. The Kier molecular flexibility index (Phi) is 10.4. The molecule has 35 heavy (non-hydrogen) atoms. The van der Waals surface area contributed by atoms with E-state index in [1.807, 2.05) is 17.0 Å². The van der Waals surface area contributed by atoms with Crippen LogP contribution in [0, 0.1) is 11.3 Å². The first kappa shape index (κ1) is 27.0. The summed E-state index contributed by atoms with van der Waals surface area (Å²) >= 11 is 0. The minimum Gasteiger partial charge on any atom is -0.352 e. The summed E-state index contributed by atoms with van der Waals surface area (Å²) in [5.74, 6) is 0.775. The number of unbranched alkanes of at least 4 members (excludes halogenated alkanes) is 1. The third-order valence-electron chi connectivity index (χ3n) is 7.51. The van der Waals surface area contributed by atoms with Crippen LogP contribution >= 0.6 is 0 Å². The van der Waals surface area contributed by atoms with Crippen molar-refractivity contribution < 1.29 is 9.59 Å². The fraction of sp³-hybridized carbons (Fsp3) is 0.679. The molecule has 3 rings (SSSR count). The van der Waals surface area contributed by atoms with E-state index in [0.717, 1.165) is 62.5 Å². The number of hydrogen-bond donors (Lipinski definition) is 4. The van der Waals surface area contributed by atoms with Gasteiger partial charge in [-0.15, -0.1) is 0 Å². The van der Waals surface area contributed by atoms with Gasteiger partial charge in [0.1, 0.15) is 6.29 Å². The van der Waals surface area contributed by atoms with E-state index in [4.69, 9.17) is 5.41 Å². The number of nitrogens with zero attached hydrogens (tertiary/aromatic N) is 1. The molecule has 7 heteroatoms. The molecule has 4 N–H and O–H groups in total. The van der Waals surface area contributed by atoms with Crippen LogP contribution in [0.4, 0.5) is 4.79 Å². The van der Waals surface area contributed by atoms with Crippen molar-refractivity contribution in [2.24, 2.45) is 5.92 Å². The molecular formula is C28H45N5O2. The first-order valence-electron chi connectivity index (χ1n) is 13.7. The van der Waals surface area contributed by atoms with Crippen LogP contribution in [0.25, 0.3) is 0 Å². The minimum atomic E-state index is -0.655. The zero-order valence-electron chi connectivity index (χ0n) is 21.7. The second kappa shape index (κ2) is 13.5. The molecule has 0 aromatic heterocycles. The molecular weight excluding hydrogens is 438 g/mol. The molecule has 0 bridgehead atoms. The van der Waals surface area contributed by atoms with Gasteiger partial charge in [-0.25, -0.2) is 4.79 Å². The zero-order chi connectivity index (χ0) is 25.1. The number of guanidine groups is 1. The summed E-state index contributed by atoms with van der Waals surface area (Å²) in [5, 5.41) is 18.0. The molecule has 1 saturated carbocycles. The van der Waals surface area contributed by atoms with Gasteiger partial charge >= 0.3 is 6.03 Å². The number of rotatable bonds is 13. The molecule has 1 aromatic carbocycles. The van der Waals surface area contributed by atoms with Crippen LogP contribution in [0.1, 0.15) is 95.6 Å². The topological polar surface area (TPSA) is 97.3 Å². The van der Waals surface area contributed by atoms with E-state index in [-0.39, 0.29) is 18.0 Å². The van der Waals surface area contributed by atoms with E-state index in [9.17, 15) is 9.59 Å². The Bertz CT molecular complexity index is 821. The van der Waals surface area contributed by atoms with Gasteiger partial charge in [-0.1, -0.05) is 89.5 Å². The summed E-state index contributed by atoms with van der Waals surface area (Å²) in [6.45, 7) is 6.16. The van der Waals surface area contributed by atoms with Crippen molar-refractivity contribution in [3.05, 3.63) is 35.4 Å². The molecule has 2 atom stereocenters. The molecule has 0 spiro atoms. The number of carbonyl (C=O) groups excluding carboxylic acids is 2. The lowest BCUT2D eigenvalue weighted by molar-refractivity contribution is -0.114. The van der Waals surface area contributed by atoms with Crippen LogP contribution in [0.5, 0.6) is 0 Å². The van der Waals surface area contributed by atoms with Crippen LogP contribution < -0.4 is 16.0 Å². The van der Waals surface area contributed by atoms with Gasteiger partial charge in [0.05, 0.1) is 5.54 Å². The average molecular weight is 484 g/mol. The molecule has 2 fully saturated rings. The second-order valence-electron chi connectivity index (χ2n) is 10.6. The van der Waals surface area contributed by atoms with Crippen LogP contribution in [-0.4, -0.2) is 41.3 Å². The number of amides is 2. The smallest absolute Gasteiger partial charge is 0.318 e. The lowest BCUT2D eigenvalue weighted by Gasteiger charge is -2.35. The lowest BCUT2D eigenvalue weighted by atomic mass is 9.78. The molecule has 7 nitrogen and oxygen atoms in total. The standard InChI is InChI=1S/C28H45N5O2/c1-3-5-16-28(21-34,17-22-10-7-6-8-11-22)32-26(29)30-18-23-12-14-24(15-13-23)19-33-20-25(9-4-2)31-27(33)35/h12-15,21-22,25H,3-11,16-20H2,1-2H3,(H,31,35)(H3,29,30,32)/t25-,28?/m0/s1. The van der Waals surface area contributed by atoms with E-state index >= 15 is 0 Å². The Morgan fingerprint density at radius 3 is 2.51 bits per heavy atom. The van der Waals surface area contributed by atoms with E-state index in [2.05, 4.69) is 41.9 Å². The van der Waals surface area contributed by atoms with Gasteiger partial charge in [-0.3, -0.25) is 5.41 Å². The summed E-state index contributed by atoms with van der Waals surface area (Å²) in [4.78, 5) is 26.3. The fourth-order valence-corrected chi connectivity index (χ4v) is 5.53. The Hall–Kier alpha value is -2.57. The first-order chi connectivity index (χ1) is 17.0. The third-order valence-corrected chi connectivity index (χ3v) is 7.51. The minimum absolute atomic E-state index is 0.0173. The molecule has 1 saturated heterocycles. The molecule has 2 amide bonds. The van der Waals surface area contributed by atoms with E-state index in [1.54, 1.807) is 0 Å². The van der Waals surface area contributed by atoms with Gasteiger partial charge in [-0.05, 0) is 36.3 Å². The van der Waals surface area contributed by atoms with E-state index < -0.39 is 5.54 Å². The quantitative estimate of drug-likeness (QED) is 0.178. The van der Waals surface area contributed by atoms with Crippen LogP contribution in [-0.2, 0) is 17.9 Å². The number of aldehydes is 1. The second-order valence-corrected chi connectivity index (χ2v) is 10.6. The number of hydrogen-bond acceptors (Lipinski definition) is 3. The highest BCUT2D eigenvalue weighted by Crippen LogP contribution is 2.32. The Labute approximate surface area is 211 Å². The molecule has 2 aliphatic rings. The maximum Gasteiger partial charge on any atom is 0.318 e. The van der Waals surface area contributed by atoms with Crippen molar-refractivity contribution in [3.8, 4) is 0 Å². The maximum atomic E-state index is 12.3. The van der Waals surface area contributed by atoms with E-state index in [0.29, 0.717) is 19.0 Å². The van der Waals surface area contributed by atoms with Crippen molar-refractivity contribution in [1.82, 2.24) is 20.9 Å². The fourth-order valence-electron chi connectivity index (χ4n) is 5.53. The van der Waals surface area contributed by atoms with Crippen molar-refractivity contribution in [2.45, 2.75) is 109 Å². The van der Waals surface area contributed by atoms with Crippen molar-refractivity contribution in [3.63, 3.8) is 0 Å². The normalized spacial score (nSPS) is 20.2. The van der Waals surface area contributed by atoms with Gasteiger partial charge in [0.25, 0.3) is 0 Å². The Balaban J connectivity index is 1.50. The van der Waals surface area contributed by atoms with Gasteiger partial charge in [0.2, 0.25) is 0 Å². The lowest BCUT2D eigenvalue weighted by Crippen LogP contribution is -2.54. The number of carbonyl (C=O) groups is 2. The molecule has 1 aliphatic carbocycles. The average Bonchev–Trinajstić information content (AvgIpc) is 3.21. The molecule has 0 radical (unpaired) electrons. The SMILES string of the molecule is CCCCC(C=O)(CC1CCCCC1)NC(=N)NCc1ccc(CN2C[C@H](CCC)NC2=O)cc1. The monoisotopic (exact) mass is 483 g/mol. The predicted molar refractivity (Wildman–Crippen MR) is 141 cm³/mol. The van der Waals surface area contributed by atoms with Crippen molar-refractivity contribution in [1.29, 1.82) is 5.41 Å². The van der Waals surface area contributed by atoms with Gasteiger partial charge in [0.15, 0.2) is 5.96 Å². The van der Waals surface area contributed by atoms with Gasteiger partial charge in [-0.2, -0.15) is 0 Å². The highest BCUT2D eigenvalue weighted by Gasteiger charge is 2.33. The van der Waals surface area contributed by atoms with Crippen molar-refractivity contribution >= 4 is 18.3 Å². The number of urea groups is 1. The largest absolute Gasteiger partial charge is 0.352 e. The summed E-state index contributed by atoms with van der Waals surface area (Å²) in [6, 6.07) is 8.45. The van der Waals surface area contributed by atoms with E-state index in [1.165, 1.54) is 32.1 Å². The number of benzene rings is 1. The number of nitrogens with one attached hydrogen (secondary N) is 4. The van der Waals surface area contributed by atoms with Crippen LogP contribution in [0.2, 0.25) is 0 Å². The molecule has 1 heterocycles. The summed E-state index contributed by atoms with van der Waals surface area (Å²) < 4.78 is 0. The highest BCUT2D eigenvalue weighted by molar-refractivity contribution is 5.82. The molecule has 1 aliphatic heterocycles. The zero-order valence-corrected chi connectivity index (χ0v) is 21.7. The van der Waals surface area contributed by atoms with Crippen LogP contribution in [0.15, 0.2) is 24.3 Å². The first-order valence-corrected chi connectivity index (χ1v) is 13.7. The molecule has 194 valence electrons. The Morgan fingerprint density at radius 1 is 1.14 bits per heavy atom. The highest BCUT2D eigenvalue weighted by atomic mass is 16.2. The summed E-state index contributed by atoms with van der Waals surface area (Å²) in [6.07, 6.45) is 12.9. The van der Waals surface area contributed by atoms with Crippen molar-refractivity contribution in [2.75, 3.05) is 6.54 Å². The predicted octanol–water partition coefficient (Wildman–Crippen LogP) is 5.09. The Morgan fingerprint density at radius 2 is 1.86 bits per heavy atom.